The smallest absolute Gasteiger partial charge is 0.236 e. The lowest BCUT2D eigenvalue weighted by molar-refractivity contribution is 0.120. The number of ether oxygens (including phenoxy) is 1. The Bertz CT molecular complexity index is 806. The molecule has 2 heterocycles. The number of anilines is 1. The van der Waals surface area contributed by atoms with Crippen molar-refractivity contribution in [1.29, 1.82) is 0 Å². The van der Waals surface area contributed by atoms with Gasteiger partial charge in [-0.05, 0) is 25.5 Å². The van der Waals surface area contributed by atoms with Crippen LogP contribution in [0.25, 0.3) is 0 Å². The van der Waals surface area contributed by atoms with Crippen LogP contribution in [-0.2, 0) is 21.0 Å². The minimum Gasteiger partial charge on any atom is -0.424 e. The first-order chi connectivity index (χ1) is 12.0. The molecule has 3 rings (SSSR count). The molecule has 0 amide bonds. The molecule has 1 aliphatic rings. The van der Waals surface area contributed by atoms with Gasteiger partial charge in [-0.15, -0.1) is 0 Å². The van der Waals surface area contributed by atoms with Crippen LogP contribution < -0.4 is 4.90 Å². The Kier molecular flexibility index (Phi) is 5.44. The Hall–Kier alpha value is -1.86. The number of hydrogen-bond acceptors (Lipinski definition) is 6. The number of benzene rings is 1. The first-order valence-electron chi connectivity index (χ1n) is 8.66. The van der Waals surface area contributed by atoms with Crippen LogP contribution in [0.2, 0.25) is 0 Å². The number of unbranched alkanes of at least 4 members (excludes halogenated alkanes) is 1. The number of oxazole rings is 1. The highest BCUT2D eigenvalue weighted by molar-refractivity contribution is 7.91. The van der Waals surface area contributed by atoms with Crippen LogP contribution in [0.1, 0.15) is 31.2 Å². The Morgan fingerprint density at radius 2 is 1.84 bits per heavy atom. The Morgan fingerprint density at radius 3 is 2.48 bits per heavy atom. The van der Waals surface area contributed by atoms with Gasteiger partial charge in [0.15, 0.2) is 5.89 Å². The number of nitrogens with zero attached hydrogens (tertiary/aromatic N) is 2. The summed E-state index contributed by atoms with van der Waals surface area (Å²) >= 11 is 0. The molecule has 1 aromatic heterocycles. The van der Waals surface area contributed by atoms with Crippen molar-refractivity contribution in [2.45, 2.75) is 43.0 Å². The van der Waals surface area contributed by atoms with E-state index in [4.69, 9.17) is 9.15 Å². The van der Waals surface area contributed by atoms with E-state index in [0.29, 0.717) is 44.5 Å². The quantitative estimate of drug-likeness (QED) is 0.785. The van der Waals surface area contributed by atoms with Crippen LogP contribution >= 0.6 is 0 Å². The molecule has 1 fully saturated rings. The van der Waals surface area contributed by atoms with Gasteiger partial charge < -0.3 is 14.1 Å². The lowest BCUT2D eigenvalue weighted by atomic mass is 10.2. The van der Waals surface area contributed by atoms with Crippen molar-refractivity contribution < 1.29 is 17.6 Å². The van der Waals surface area contributed by atoms with Crippen molar-refractivity contribution >= 4 is 15.7 Å². The Morgan fingerprint density at radius 1 is 1.16 bits per heavy atom. The van der Waals surface area contributed by atoms with Crippen molar-refractivity contribution in [3.63, 3.8) is 0 Å². The number of rotatable bonds is 6. The van der Waals surface area contributed by atoms with Crippen LogP contribution in [0.15, 0.2) is 38.6 Å². The molecular weight excluding hydrogens is 340 g/mol. The van der Waals surface area contributed by atoms with E-state index in [9.17, 15) is 8.42 Å². The monoisotopic (exact) mass is 364 g/mol. The van der Waals surface area contributed by atoms with Crippen molar-refractivity contribution in [2.75, 3.05) is 31.2 Å². The Labute approximate surface area is 148 Å². The highest BCUT2D eigenvalue weighted by Crippen LogP contribution is 2.32. The molecule has 2 aromatic rings. The predicted molar refractivity (Wildman–Crippen MR) is 94.8 cm³/mol. The third kappa shape index (κ3) is 3.88. The normalized spacial score (nSPS) is 15.5. The number of sulfone groups is 1. The summed E-state index contributed by atoms with van der Waals surface area (Å²) in [5.41, 5.74) is 1.01. The molecule has 1 aromatic carbocycles. The molecule has 1 saturated heterocycles. The molecule has 0 atom stereocenters. The summed E-state index contributed by atoms with van der Waals surface area (Å²) < 4.78 is 37.5. The highest BCUT2D eigenvalue weighted by Gasteiger charge is 2.31. The summed E-state index contributed by atoms with van der Waals surface area (Å²) in [7, 11) is -3.73. The van der Waals surface area contributed by atoms with Crippen LogP contribution in [0.3, 0.4) is 0 Å². The predicted octanol–water partition coefficient (Wildman–Crippen LogP) is 3.00. The van der Waals surface area contributed by atoms with Crippen LogP contribution in [0.4, 0.5) is 5.88 Å². The van der Waals surface area contributed by atoms with E-state index in [1.807, 2.05) is 11.8 Å². The van der Waals surface area contributed by atoms with Crippen molar-refractivity contribution in [2.24, 2.45) is 0 Å². The summed E-state index contributed by atoms with van der Waals surface area (Å²) in [6.45, 7) is 6.30. The number of aromatic nitrogens is 1. The molecule has 136 valence electrons. The average Bonchev–Trinajstić information content (AvgIpc) is 3.06. The van der Waals surface area contributed by atoms with Gasteiger partial charge in [-0.2, -0.15) is 4.98 Å². The molecule has 7 heteroatoms. The summed E-state index contributed by atoms with van der Waals surface area (Å²) in [5.74, 6) is 0.823. The molecule has 0 radical (unpaired) electrons. The summed E-state index contributed by atoms with van der Waals surface area (Å²) in [4.78, 5) is 6.50. The van der Waals surface area contributed by atoms with E-state index in [-0.39, 0.29) is 9.92 Å². The first-order valence-corrected chi connectivity index (χ1v) is 10.1. The average molecular weight is 364 g/mol. The Balaban J connectivity index is 2.02. The topological polar surface area (TPSA) is 72.6 Å². The molecular formula is C18H24N2O4S. The van der Waals surface area contributed by atoms with E-state index >= 15 is 0 Å². The summed E-state index contributed by atoms with van der Waals surface area (Å²) in [5, 5.41) is 0.0179. The van der Waals surface area contributed by atoms with Gasteiger partial charge in [0.05, 0.1) is 18.1 Å². The van der Waals surface area contributed by atoms with E-state index < -0.39 is 9.84 Å². The number of hydrogen-bond donors (Lipinski definition) is 0. The lowest BCUT2D eigenvalue weighted by Crippen LogP contribution is -2.36. The molecule has 6 nitrogen and oxygen atoms in total. The van der Waals surface area contributed by atoms with Gasteiger partial charge in [0, 0.05) is 19.5 Å². The zero-order valence-electron chi connectivity index (χ0n) is 14.7. The zero-order chi connectivity index (χ0) is 17.9. The molecule has 0 bridgehead atoms. The van der Waals surface area contributed by atoms with Gasteiger partial charge in [-0.25, -0.2) is 8.42 Å². The minimum atomic E-state index is -3.73. The summed E-state index contributed by atoms with van der Waals surface area (Å²) in [6.07, 6.45) is 2.54. The van der Waals surface area contributed by atoms with Gasteiger partial charge in [0.25, 0.3) is 0 Å². The molecule has 0 N–H and O–H groups in total. The minimum absolute atomic E-state index is 0.0179. The van der Waals surface area contributed by atoms with Gasteiger partial charge in [0.2, 0.25) is 20.7 Å². The lowest BCUT2D eigenvalue weighted by Gasteiger charge is -2.26. The SMILES string of the molecule is CCCCc1nc(S(=O)(=O)c2ccc(C)cc2)c(N2CCOCC2)o1. The third-order valence-electron chi connectivity index (χ3n) is 4.25. The maximum atomic E-state index is 13.1. The third-order valence-corrected chi connectivity index (χ3v) is 5.92. The second-order valence-corrected chi connectivity index (χ2v) is 8.10. The van der Waals surface area contributed by atoms with E-state index in [0.717, 1.165) is 18.4 Å². The van der Waals surface area contributed by atoms with Crippen LogP contribution in [0.5, 0.6) is 0 Å². The van der Waals surface area contributed by atoms with Gasteiger partial charge in [0.1, 0.15) is 0 Å². The van der Waals surface area contributed by atoms with Gasteiger partial charge in [-0.1, -0.05) is 31.0 Å². The van der Waals surface area contributed by atoms with E-state index in [2.05, 4.69) is 11.9 Å². The van der Waals surface area contributed by atoms with Crippen LogP contribution in [-0.4, -0.2) is 39.7 Å². The fourth-order valence-electron chi connectivity index (χ4n) is 2.74. The highest BCUT2D eigenvalue weighted by atomic mass is 32.2. The molecule has 0 saturated carbocycles. The molecule has 0 unspecified atom stereocenters. The first kappa shape index (κ1) is 17.9. The van der Waals surface area contributed by atoms with E-state index in [1.54, 1.807) is 24.3 Å². The summed E-state index contributed by atoms with van der Waals surface area (Å²) in [6, 6.07) is 6.82. The van der Waals surface area contributed by atoms with E-state index in [1.165, 1.54) is 0 Å². The molecule has 0 spiro atoms. The maximum Gasteiger partial charge on any atom is 0.236 e. The van der Waals surface area contributed by atoms with Crippen molar-refractivity contribution in [3.05, 3.63) is 35.7 Å². The fourth-order valence-corrected chi connectivity index (χ4v) is 4.08. The fraction of sp³-hybridized carbons (Fsp3) is 0.500. The largest absolute Gasteiger partial charge is 0.424 e. The molecule has 0 aliphatic carbocycles. The van der Waals surface area contributed by atoms with Gasteiger partial charge >= 0.3 is 0 Å². The molecule has 25 heavy (non-hydrogen) atoms. The maximum absolute atomic E-state index is 13.1. The van der Waals surface area contributed by atoms with Crippen LogP contribution in [0, 0.1) is 6.92 Å². The van der Waals surface area contributed by atoms with Crippen molar-refractivity contribution in [1.82, 2.24) is 4.98 Å². The second kappa shape index (κ2) is 7.58. The van der Waals surface area contributed by atoms with Crippen molar-refractivity contribution in [3.8, 4) is 0 Å². The van der Waals surface area contributed by atoms with Gasteiger partial charge in [-0.3, -0.25) is 0 Å². The number of morpholine rings is 1. The zero-order valence-corrected chi connectivity index (χ0v) is 15.5. The second-order valence-electron chi connectivity index (χ2n) is 6.24. The molecule has 1 aliphatic heterocycles. The number of aryl methyl sites for hydroxylation is 2. The standard InChI is InChI=1S/C18H24N2O4S/c1-3-4-5-16-19-17(18(24-16)20-10-12-23-13-11-20)25(21,22)15-8-6-14(2)7-9-15/h6-9H,3-5,10-13H2,1-2H3.